The molecule has 112 valence electrons. The van der Waals surface area contributed by atoms with Gasteiger partial charge in [-0.3, -0.25) is 4.90 Å². The molecule has 0 aromatic heterocycles. The van der Waals surface area contributed by atoms with Crippen molar-refractivity contribution < 1.29 is 4.74 Å². The van der Waals surface area contributed by atoms with Gasteiger partial charge in [0.25, 0.3) is 0 Å². The fourth-order valence-corrected chi connectivity index (χ4v) is 3.61. The van der Waals surface area contributed by atoms with E-state index in [1.807, 2.05) is 7.11 Å². The fraction of sp³-hybridized carbons (Fsp3) is 0.647. The number of ether oxygens (including phenoxy) is 1. The number of likely N-dealkylation sites (tertiary alicyclic amines) is 1. The molecule has 2 N–H and O–H groups in total. The lowest BCUT2D eigenvalue weighted by Crippen LogP contribution is -2.44. The first-order valence-electron chi connectivity index (χ1n) is 7.61. The van der Waals surface area contributed by atoms with Crippen LogP contribution in [0.25, 0.3) is 0 Å². The number of hydrogen-bond donors (Lipinski definition) is 1. The van der Waals surface area contributed by atoms with Crippen molar-refractivity contribution in [1.29, 1.82) is 0 Å². The second-order valence-corrected chi connectivity index (χ2v) is 6.06. The zero-order valence-corrected chi connectivity index (χ0v) is 13.3. The summed E-state index contributed by atoms with van der Waals surface area (Å²) < 4.78 is 5.55. The van der Waals surface area contributed by atoms with Gasteiger partial charge in [0.2, 0.25) is 0 Å². The van der Waals surface area contributed by atoms with Crippen molar-refractivity contribution in [3.63, 3.8) is 0 Å². The number of nitrogens with two attached hydrogens (primary N) is 1. The van der Waals surface area contributed by atoms with Gasteiger partial charge in [0, 0.05) is 26.2 Å². The zero-order valence-electron chi connectivity index (χ0n) is 13.3. The Balaban J connectivity index is 2.28. The predicted octanol–water partition coefficient (Wildman–Crippen LogP) is 2.72. The van der Waals surface area contributed by atoms with Crippen LogP contribution < -0.4 is 5.73 Å². The van der Waals surface area contributed by atoms with Crippen molar-refractivity contribution in [3.05, 3.63) is 34.4 Å². The van der Waals surface area contributed by atoms with E-state index in [1.165, 1.54) is 28.7 Å². The first kappa shape index (κ1) is 15.5. The highest BCUT2D eigenvalue weighted by molar-refractivity contribution is 5.40. The Kier molecular flexibility index (Phi) is 5.19. The van der Waals surface area contributed by atoms with E-state index in [9.17, 15) is 0 Å². The molecule has 0 amide bonds. The summed E-state index contributed by atoms with van der Waals surface area (Å²) in [5, 5.41) is 0. The van der Waals surface area contributed by atoms with E-state index < -0.39 is 0 Å². The van der Waals surface area contributed by atoms with Crippen LogP contribution in [-0.2, 0) is 4.74 Å². The van der Waals surface area contributed by atoms with Gasteiger partial charge in [0.15, 0.2) is 0 Å². The van der Waals surface area contributed by atoms with Gasteiger partial charge in [-0.05, 0) is 56.8 Å². The summed E-state index contributed by atoms with van der Waals surface area (Å²) in [6.07, 6.45) is 2.71. The standard InChI is InChI=1S/C17H28N2O/c1-12-8-13(2)17(14(3)9-12)16(10-18)19-7-5-6-15(11-19)20-4/h8-9,15-16H,5-7,10-11,18H2,1-4H3. The topological polar surface area (TPSA) is 38.5 Å². The number of hydrogen-bond acceptors (Lipinski definition) is 3. The van der Waals surface area contributed by atoms with Crippen LogP contribution >= 0.6 is 0 Å². The first-order chi connectivity index (χ1) is 9.56. The SMILES string of the molecule is COC1CCCN(C(CN)c2c(C)cc(C)cc2C)C1. The Morgan fingerprint density at radius 1 is 1.30 bits per heavy atom. The molecule has 2 rings (SSSR count). The summed E-state index contributed by atoms with van der Waals surface area (Å²) in [5.74, 6) is 0. The van der Waals surface area contributed by atoms with E-state index in [2.05, 4.69) is 37.8 Å². The van der Waals surface area contributed by atoms with Crippen LogP contribution in [0.1, 0.15) is 41.1 Å². The molecule has 0 bridgehead atoms. The van der Waals surface area contributed by atoms with E-state index in [-0.39, 0.29) is 0 Å². The second kappa shape index (κ2) is 6.70. The highest BCUT2D eigenvalue weighted by Crippen LogP contribution is 2.30. The van der Waals surface area contributed by atoms with Crippen LogP contribution in [0.2, 0.25) is 0 Å². The normalized spacial score (nSPS) is 21.9. The number of piperidine rings is 1. The van der Waals surface area contributed by atoms with Crippen molar-refractivity contribution in [2.24, 2.45) is 5.73 Å². The van der Waals surface area contributed by atoms with Crippen molar-refractivity contribution in [1.82, 2.24) is 4.90 Å². The van der Waals surface area contributed by atoms with Gasteiger partial charge < -0.3 is 10.5 Å². The molecule has 1 heterocycles. The largest absolute Gasteiger partial charge is 0.380 e. The van der Waals surface area contributed by atoms with Gasteiger partial charge in [0.05, 0.1) is 6.10 Å². The van der Waals surface area contributed by atoms with E-state index in [1.54, 1.807) is 0 Å². The summed E-state index contributed by atoms with van der Waals surface area (Å²) >= 11 is 0. The number of benzene rings is 1. The molecule has 3 heteroatoms. The lowest BCUT2D eigenvalue weighted by atomic mass is 9.91. The molecule has 20 heavy (non-hydrogen) atoms. The van der Waals surface area contributed by atoms with Crippen molar-refractivity contribution in [2.45, 2.75) is 45.8 Å². The van der Waals surface area contributed by atoms with Gasteiger partial charge in [0.1, 0.15) is 0 Å². The van der Waals surface area contributed by atoms with E-state index in [0.29, 0.717) is 18.7 Å². The molecule has 1 aromatic rings. The third-order valence-corrected chi connectivity index (χ3v) is 4.48. The molecule has 0 saturated carbocycles. The molecule has 0 aliphatic carbocycles. The minimum Gasteiger partial charge on any atom is -0.380 e. The molecule has 0 radical (unpaired) electrons. The highest BCUT2D eigenvalue weighted by Gasteiger charge is 2.27. The van der Waals surface area contributed by atoms with E-state index in [0.717, 1.165) is 19.5 Å². The lowest BCUT2D eigenvalue weighted by Gasteiger charge is -2.38. The summed E-state index contributed by atoms with van der Waals surface area (Å²) in [5.41, 5.74) is 11.6. The zero-order chi connectivity index (χ0) is 14.7. The van der Waals surface area contributed by atoms with Crippen LogP contribution in [0.15, 0.2) is 12.1 Å². The molecule has 1 aliphatic rings. The average molecular weight is 276 g/mol. The summed E-state index contributed by atoms with van der Waals surface area (Å²) in [6.45, 7) is 9.34. The van der Waals surface area contributed by atoms with Gasteiger partial charge in [-0.2, -0.15) is 0 Å². The molecule has 0 spiro atoms. The molecule has 1 fully saturated rings. The Morgan fingerprint density at radius 3 is 2.50 bits per heavy atom. The lowest BCUT2D eigenvalue weighted by molar-refractivity contribution is 0.0153. The Hall–Kier alpha value is -0.900. The third-order valence-electron chi connectivity index (χ3n) is 4.48. The number of aryl methyl sites for hydroxylation is 3. The molecular weight excluding hydrogens is 248 g/mol. The Labute approximate surface area is 123 Å². The highest BCUT2D eigenvalue weighted by atomic mass is 16.5. The molecule has 1 aliphatic heterocycles. The van der Waals surface area contributed by atoms with Crippen molar-refractivity contribution >= 4 is 0 Å². The maximum atomic E-state index is 6.12. The molecular formula is C17H28N2O. The van der Waals surface area contributed by atoms with Gasteiger partial charge in [-0.15, -0.1) is 0 Å². The monoisotopic (exact) mass is 276 g/mol. The predicted molar refractivity (Wildman–Crippen MR) is 84.1 cm³/mol. The molecule has 3 nitrogen and oxygen atoms in total. The minimum absolute atomic E-state index is 0.313. The van der Waals surface area contributed by atoms with Crippen LogP contribution in [0, 0.1) is 20.8 Å². The van der Waals surface area contributed by atoms with Gasteiger partial charge >= 0.3 is 0 Å². The quantitative estimate of drug-likeness (QED) is 0.919. The number of rotatable bonds is 4. The molecule has 1 saturated heterocycles. The Morgan fingerprint density at radius 2 is 1.95 bits per heavy atom. The average Bonchev–Trinajstić information content (AvgIpc) is 2.42. The first-order valence-corrected chi connectivity index (χ1v) is 7.61. The smallest absolute Gasteiger partial charge is 0.0698 e. The van der Waals surface area contributed by atoms with E-state index >= 15 is 0 Å². The molecule has 2 atom stereocenters. The minimum atomic E-state index is 0.313. The molecule has 1 aromatic carbocycles. The number of nitrogens with zero attached hydrogens (tertiary/aromatic N) is 1. The fourth-order valence-electron chi connectivity index (χ4n) is 3.61. The van der Waals surface area contributed by atoms with Gasteiger partial charge in [-0.25, -0.2) is 0 Å². The molecule has 2 unspecified atom stereocenters. The van der Waals surface area contributed by atoms with Crippen LogP contribution in [0.3, 0.4) is 0 Å². The van der Waals surface area contributed by atoms with Crippen molar-refractivity contribution in [2.75, 3.05) is 26.7 Å². The second-order valence-electron chi connectivity index (χ2n) is 6.06. The van der Waals surface area contributed by atoms with Crippen LogP contribution in [0.4, 0.5) is 0 Å². The Bertz CT molecular complexity index is 435. The maximum Gasteiger partial charge on any atom is 0.0698 e. The van der Waals surface area contributed by atoms with Crippen molar-refractivity contribution in [3.8, 4) is 0 Å². The summed E-state index contributed by atoms with van der Waals surface area (Å²) in [4.78, 5) is 2.50. The third kappa shape index (κ3) is 3.22. The maximum absolute atomic E-state index is 6.12. The van der Waals surface area contributed by atoms with Crippen LogP contribution in [0.5, 0.6) is 0 Å². The number of methoxy groups -OCH3 is 1. The summed E-state index contributed by atoms with van der Waals surface area (Å²) in [6, 6.07) is 4.85. The van der Waals surface area contributed by atoms with Crippen LogP contribution in [-0.4, -0.2) is 37.7 Å². The van der Waals surface area contributed by atoms with E-state index in [4.69, 9.17) is 10.5 Å². The van der Waals surface area contributed by atoms with Gasteiger partial charge in [-0.1, -0.05) is 17.7 Å². The summed E-state index contributed by atoms with van der Waals surface area (Å²) in [7, 11) is 1.81.